The van der Waals surface area contributed by atoms with Gasteiger partial charge in [0, 0.05) is 10.8 Å². The van der Waals surface area contributed by atoms with Crippen molar-refractivity contribution in [3.8, 4) is 17.2 Å². The maximum atomic E-state index is 6.14. The highest BCUT2D eigenvalue weighted by molar-refractivity contribution is 7.07. The van der Waals surface area contributed by atoms with Gasteiger partial charge in [-0.05, 0) is 73.0 Å². The van der Waals surface area contributed by atoms with Crippen LogP contribution < -0.4 is 9.54 Å². The van der Waals surface area contributed by atoms with Gasteiger partial charge in [0.05, 0.1) is 19.0 Å². The Balaban J connectivity index is 1.65. The summed E-state index contributed by atoms with van der Waals surface area (Å²) in [5, 5.41) is 7.88. The van der Waals surface area contributed by atoms with Crippen LogP contribution in [0.1, 0.15) is 16.7 Å². The van der Waals surface area contributed by atoms with Gasteiger partial charge < -0.3 is 9.15 Å². The zero-order valence-electron chi connectivity index (χ0n) is 18.6. The molecule has 5 nitrogen and oxygen atoms in total. The second-order valence-electron chi connectivity index (χ2n) is 7.78. The Kier molecular flexibility index (Phi) is 5.67. The van der Waals surface area contributed by atoms with Gasteiger partial charge in [-0.3, -0.25) is 0 Å². The average molecular weight is 454 g/mol. The molecule has 33 heavy (non-hydrogen) atoms. The van der Waals surface area contributed by atoms with Crippen LogP contribution in [0.3, 0.4) is 0 Å². The molecule has 0 amide bonds. The summed E-state index contributed by atoms with van der Waals surface area (Å²) in [5.74, 6) is 1.56. The Morgan fingerprint density at radius 3 is 2.58 bits per heavy atom. The molecule has 0 unspecified atom stereocenters. The molecule has 164 valence electrons. The topological polar surface area (TPSA) is 52.0 Å². The molecule has 0 saturated heterocycles. The predicted octanol–water partition coefficient (Wildman–Crippen LogP) is 6.70. The van der Waals surface area contributed by atoms with Crippen molar-refractivity contribution in [2.45, 2.75) is 13.8 Å². The van der Waals surface area contributed by atoms with Gasteiger partial charge in [0.1, 0.15) is 17.0 Å². The van der Waals surface area contributed by atoms with Crippen molar-refractivity contribution in [3.05, 3.63) is 99.7 Å². The summed E-state index contributed by atoms with van der Waals surface area (Å²) in [4.78, 5) is 5.71. The molecule has 0 N–H and O–H groups in total. The van der Waals surface area contributed by atoms with E-state index in [9.17, 15) is 0 Å². The van der Waals surface area contributed by atoms with Crippen molar-refractivity contribution in [1.82, 2.24) is 4.68 Å². The maximum Gasteiger partial charge on any atom is 0.211 e. The summed E-state index contributed by atoms with van der Waals surface area (Å²) in [6, 6.07) is 24.1. The maximum absolute atomic E-state index is 6.14. The summed E-state index contributed by atoms with van der Waals surface area (Å²) in [6.07, 6.45) is 1.82. The number of para-hydroxylation sites is 1. The van der Waals surface area contributed by atoms with E-state index >= 15 is 0 Å². The van der Waals surface area contributed by atoms with E-state index in [0.717, 1.165) is 49.8 Å². The molecule has 3 aromatic carbocycles. The van der Waals surface area contributed by atoms with Crippen molar-refractivity contribution >= 4 is 34.2 Å². The van der Waals surface area contributed by atoms with Gasteiger partial charge in [-0.2, -0.15) is 5.10 Å². The van der Waals surface area contributed by atoms with Crippen LogP contribution in [0, 0.1) is 13.8 Å². The van der Waals surface area contributed by atoms with Crippen LogP contribution in [-0.2, 0) is 0 Å². The Hall–Kier alpha value is -3.90. The highest BCUT2D eigenvalue weighted by Crippen LogP contribution is 2.28. The molecule has 0 spiro atoms. The fourth-order valence-corrected chi connectivity index (χ4v) is 4.35. The Bertz CT molecular complexity index is 1490. The minimum atomic E-state index is 0.752. The van der Waals surface area contributed by atoms with E-state index in [1.54, 1.807) is 7.11 Å². The van der Waals surface area contributed by atoms with Crippen LogP contribution in [0.15, 0.2) is 92.7 Å². The number of thiazole rings is 1. The largest absolute Gasteiger partial charge is 0.497 e. The second kappa shape index (κ2) is 8.92. The molecule has 5 aromatic rings. The number of furan rings is 1. The van der Waals surface area contributed by atoms with E-state index in [-0.39, 0.29) is 0 Å². The Labute approximate surface area is 195 Å². The number of ether oxygens (including phenoxy) is 1. The molecule has 0 aliphatic carbocycles. The van der Waals surface area contributed by atoms with E-state index in [1.165, 1.54) is 16.9 Å². The highest BCUT2D eigenvalue weighted by Gasteiger charge is 2.13. The standard InChI is InChI=1S/C27H23N3O2S/c1-18-8-9-19(2)23(14-18)29-27-30(28-16-20-10-12-22(31-3)13-11-20)24(17-33-27)26-15-21-6-4-5-7-25(21)32-26/h4-17H,1-3H3/b28-16-,29-27?. The Morgan fingerprint density at radius 2 is 1.79 bits per heavy atom. The summed E-state index contributed by atoms with van der Waals surface area (Å²) in [5.41, 5.74) is 5.87. The van der Waals surface area contributed by atoms with Crippen LogP contribution in [0.5, 0.6) is 5.75 Å². The van der Waals surface area contributed by atoms with Gasteiger partial charge in [-0.25, -0.2) is 9.67 Å². The first-order chi connectivity index (χ1) is 16.1. The molecule has 0 saturated carbocycles. The van der Waals surface area contributed by atoms with Crippen LogP contribution in [0.4, 0.5) is 5.69 Å². The van der Waals surface area contributed by atoms with Gasteiger partial charge in [0.2, 0.25) is 4.80 Å². The van der Waals surface area contributed by atoms with E-state index in [4.69, 9.17) is 19.2 Å². The van der Waals surface area contributed by atoms with Crippen LogP contribution in [-0.4, -0.2) is 18.0 Å². The number of rotatable bonds is 5. The molecule has 0 aliphatic rings. The summed E-state index contributed by atoms with van der Waals surface area (Å²) < 4.78 is 13.2. The Morgan fingerprint density at radius 1 is 0.970 bits per heavy atom. The van der Waals surface area contributed by atoms with Crippen molar-refractivity contribution in [3.63, 3.8) is 0 Å². The number of methoxy groups -OCH3 is 1. The zero-order chi connectivity index (χ0) is 22.8. The molecular formula is C27H23N3O2S. The first kappa shape index (κ1) is 21.0. The number of hydrogen-bond acceptors (Lipinski definition) is 5. The van der Waals surface area contributed by atoms with Crippen LogP contribution >= 0.6 is 11.3 Å². The number of fused-ring (bicyclic) bond motifs is 1. The molecule has 0 atom stereocenters. The second-order valence-corrected chi connectivity index (χ2v) is 8.62. The minimum Gasteiger partial charge on any atom is -0.497 e. The predicted molar refractivity (Wildman–Crippen MR) is 135 cm³/mol. The number of benzene rings is 3. The van der Waals surface area contributed by atoms with Gasteiger partial charge in [0.25, 0.3) is 0 Å². The third-order valence-corrected chi connectivity index (χ3v) is 6.20. The molecule has 0 radical (unpaired) electrons. The lowest BCUT2D eigenvalue weighted by atomic mass is 10.1. The van der Waals surface area contributed by atoms with Crippen molar-refractivity contribution in [1.29, 1.82) is 0 Å². The molecule has 5 rings (SSSR count). The third kappa shape index (κ3) is 4.38. The lowest BCUT2D eigenvalue weighted by molar-refractivity contribution is 0.415. The van der Waals surface area contributed by atoms with Crippen LogP contribution in [0.25, 0.3) is 22.4 Å². The van der Waals surface area contributed by atoms with E-state index in [0.29, 0.717) is 0 Å². The molecule has 6 heteroatoms. The van der Waals surface area contributed by atoms with Gasteiger partial charge in [0.15, 0.2) is 5.76 Å². The molecule has 2 heterocycles. The lowest BCUT2D eigenvalue weighted by Crippen LogP contribution is -2.11. The first-order valence-corrected chi connectivity index (χ1v) is 11.5. The van der Waals surface area contributed by atoms with Gasteiger partial charge in [-0.15, -0.1) is 11.3 Å². The molecular weight excluding hydrogens is 430 g/mol. The van der Waals surface area contributed by atoms with Gasteiger partial charge in [-0.1, -0.05) is 30.3 Å². The summed E-state index contributed by atoms with van der Waals surface area (Å²) in [7, 11) is 1.66. The number of aromatic nitrogens is 1. The molecule has 0 aliphatic heterocycles. The lowest BCUT2D eigenvalue weighted by Gasteiger charge is -2.03. The number of nitrogens with zero attached hydrogens (tertiary/aromatic N) is 3. The van der Waals surface area contributed by atoms with Crippen molar-refractivity contribution < 1.29 is 9.15 Å². The number of hydrogen-bond donors (Lipinski definition) is 0. The smallest absolute Gasteiger partial charge is 0.211 e. The van der Waals surface area contributed by atoms with Crippen LogP contribution in [0.2, 0.25) is 0 Å². The first-order valence-electron chi connectivity index (χ1n) is 10.6. The normalized spacial score (nSPS) is 12.2. The van der Waals surface area contributed by atoms with E-state index in [1.807, 2.05) is 70.9 Å². The fourth-order valence-electron chi connectivity index (χ4n) is 3.52. The monoisotopic (exact) mass is 453 g/mol. The summed E-state index contributed by atoms with van der Waals surface area (Å²) >= 11 is 1.53. The molecule has 0 bridgehead atoms. The molecule has 0 fully saturated rings. The highest BCUT2D eigenvalue weighted by atomic mass is 32.1. The number of aryl methyl sites for hydroxylation is 2. The van der Waals surface area contributed by atoms with E-state index < -0.39 is 0 Å². The minimum absolute atomic E-state index is 0.752. The van der Waals surface area contributed by atoms with E-state index in [2.05, 4.69) is 32.0 Å². The summed E-state index contributed by atoms with van der Waals surface area (Å²) in [6.45, 7) is 4.14. The molecule has 2 aromatic heterocycles. The third-order valence-electron chi connectivity index (χ3n) is 5.38. The average Bonchev–Trinajstić information content (AvgIpc) is 3.44. The fraction of sp³-hybridized carbons (Fsp3) is 0.111. The quantitative estimate of drug-likeness (QED) is 0.278. The van der Waals surface area contributed by atoms with Crippen molar-refractivity contribution in [2.24, 2.45) is 10.1 Å². The SMILES string of the molecule is COc1ccc(/C=N\n2c(-c3cc4ccccc4o3)csc2=Nc2cc(C)ccc2C)cc1. The zero-order valence-corrected chi connectivity index (χ0v) is 19.5. The van der Waals surface area contributed by atoms with Crippen molar-refractivity contribution in [2.75, 3.05) is 7.11 Å². The van der Waals surface area contributed by atoms with Gasteiger partial charge >= 0.3 is 0 Å².